The molecule has 0 radical (unpaired) electrons. The summed E-state index contributed by atoms with van der Waals surface area (Å²) in [6, 6.07) is 0. The fourth-order valence-corrected chi connectivity index (χ4v) is 2.03. The SMILES string of the molecule is O=C(O)C1(O)C[C@H](O)[C@@H](CO)[C@H]([C@H](O)[C@H](O)CO)O1. The maximum absolute atomic E-state index is 10.9. The number of hydrogen-bond acceptors (Lipinski definition) is 8. The van der Waals surface area contributed by atoms with Gasteiger partial charge in [0.25, 0.3) is 5.79 Å². The van der Waals surface area contributed by atoms with Gasteiger partial charge in [-0.3, -0.25) is 0 Å². The Bertz CT molecular complexity index is 322. The van der Waals surface area contributed by atoms with Gasteiger partial charge in [0, 0.05) is 12.3 Å². The third-order valence-corrected chi connectivity index (χ3v) is 3.20. The van der Waals surface area contributed by atoms with E-state index in [1.54, 1.807) is 0 Å². The lowest BCUT2D eigenvalue weighted by Gasteiger charge is -2.44. The van der Waals surface area contributed by atoms with Crippen molar-refractivity contribution in [2.24, 2.45) is 5.92 Å². The minimum absolute atomic E-state index is 0.656. The number of aliphatic hydroxyl groups is 6. The van der Waals surface area contributed by atoms with Gasteiger partial charge in [-0.15, -0.1) is 0 Å². The molecule has 0 saturated carbocycles. The van der Waals surface area contributed by atoms with Crippen molar-refractivity contribution in [3.8, 4) is 0 Å². The number of carboxylic acids is 1. The third-order valence-electron chi connectivity index (χ3n) is 3.20. The Kier molecular flexibility index (Phi) is 5.21. The van der Waals surface area contributed by atoms with E-state index in [1.165, 1.54) is 0 Å². The van der Waals surface area contributed by atoms with Gasteiger partial charge in [0.15, 0.2) is 0 Å². The first-order chi connectivity index (χ1) is 8.76. The molecule has 1 unspecified atom stereocenters. The van der Waals surface area contributed by atoms with Crippen molar-refractivity contribution in [3.05, 3.63) is 0 Å². The number of aliphatic carboxylic acids is 1. The van der Waals surface area contributed by atoms with E-state index in [9.17, 15) is 25.2 Å². The summed E-state index contributed by atoms with van der Waals surface area (Å²) in [5, 5.41) is 65.1. The number of carboxylic acid groups (broad SMARTS) is 1. The molecule has 1 fully saturated rings. The topological polar surface area (TPSA) is 168 Å². The Morgan fingerprint density at radius 1 is 1.37 bits per heavy atom. The van der Waals surface area contributed by atoms with Crippen molar-refractivity contribution in [3.63, 3.8) is 0 Å². The molecule has 1 saturated heterocycles. The number of rotatable bonds is 5. The number of aliphatic hydroxyl groups excluding tert-OH is 5. The Morgan fingerprint density at radius 2 is 1.95 bits per heavy atom. The molecule has 19 heavy (non-hydrogen) atoms. The molecular weight excluding hydrogens is 264 g/mol. The van der Waals surface area contributed by atoms with E-state index in [4.69, 9.17) is 20.1 Å². The second-order valence-corrected chi connectivity index (χ2v) is 4.53. The van der Waals surface area contributed by atoms with Crippen LogP contribution in [0.3, 0.4) is 0 Å². The molecule has 0 aromatic rings. The highest BCUT2D eigenvalue weighted by Crippen LogP contribution is 2.33. The van der Waals surface area contributed by atoms with Crippen LogP contribution in [0.4, 0.5) is 0 Å². The summed E-state index contributed by atoms with van der Waals surface area (Å²) in [6.45, 7) is -1.49. The van der Waals surface area contributed by atoms with Crippen LogP contribution in [0.1, 0.15) is 6.42 Å². The van der Waals surface area contributed by atoms with Crippen LogP contribution in [-0.2, 0) is 9.53 Å². The largest absolute Gasteiger partial charge is 0.477 e. The summed E-state index contributed by atoms with van der Waals surface area (Å²) in [5.74, 6) is -5.60. The summed E-state index contributed by atoms with van der Waals surface area (Å²) in [7, 11) is 0. The summed E-state index contributed by atoms with van der Waals surface area (Å²) >= 11 is 0. The normalized spacial score (nSPS) is 38.7. The highest BCUT2D eigenvalue weighted by atomic mass is 16.7. The van der Waals surface area contributed by atoms with E-state index in [1.807, 2.05) is 0 Å². The van der Waals surface area contributed by atoms with Crippen LogP contribution in [0.25, 0.3) is 0 Å². The summed E-state index contributed by atoms with van der Waals surface area (Å²) in [5.41, 5.74) is 0. The van der Waals surface area contributed by atoms with Gasteiger partial charge in [0.2, 0.25) is 0 Å². The smallest absolute Gasteiger partial charge is 0.364 e. The maximum Gasteiger partial charge on any atom is 0.364 e. The zero-order valence-corrected chi connectivity index (χ0v) is 9.96. The quantitative estimate of drug-likeness (QED) is 0.267. The fourth-order valence-electron chi connectivity index (χ4n) is 2.03. The van der Waals surface area contributed by atoms with Crippen molar-refractivity contribution in [2.75, 3.05) is 13.2 Å². The summed E-state index contributed by atoms with van der Waals surface area (Å²) in [4.78, 5) is 10.9. The van der Waals surface area contributed by atoms with E-state index in [0.29, 0.717) is 0 Å². The monoisotopic (exact) mass is 282 g/mol. The molecule has 1 heterocycles. The molecule has 1 aliphatic heterocycles. The van der Waals surface area contributed by atoms with E-state index in [2.05, 4.69) is 0 Å². The molecule has 0 bridgehead atoms. The standard InChI is InChI=1S/C10H18O9/c11-2-4-5(13)1-10(18,9(16)17)19-8(4)7(15)6(14)3-12/h4-8,11-15,18H,1-3H2,(H,16,17)/t4-,5+,6-,7-,8-,10?/m1/s1. The van der Waals surface area contributed by atoms with Crippen LogP contribution in [0.15, 0.2) is 0 Å². The van der Waals surface area contributed by atoms with Crippen LogP contribution in [-0.4, -0.2) is 85.1 Å². The molecule has 0 aromatic heterocycles. The second-order valence-electron chi connectivity index (χ2n) is 4.53. The Balaban J connectivity index is 2.99. The zero-order valence-electron chi connectivity index (χ0n) is 9.96. The summed E-state index contributed by atoms with van der Waals surface area (Å²) in [6.07, 6.45) is -7.13. The van der Waals surface area contributed by atoms with Crippen LogP contribution < -0.4 is 0 Å². The number of carbonyl (C=O) groups is 1. The fraction of sp³-hybridized carbons (Fsp3) is 0.900. The molecule has 0 spiro atoms. The lowest BCUT2D eigenvalue weighted by molar-refractivity contribution is -0.306. The first kappa shape index (κ1) is 16.2. The molecule has 0 aromatic carbocycles. The Labute approximate surface area is 108 Å². The first-order valence-corrected chi connectivity index (χ1v) is 5.66. The van der Waals surface area contributed by atoms with Gasteiger partial charge < -0.3 is 40.5 Å². The second kappa shape index (κ2) is 6.09. The molecular formula is C10H18O9. The van der Waals surface area contributed by atoms with Gasteiger partial charge in [0.05, 0.1) is 25.4 Å². The van der Waals surface area contributed by atoms with Gasteiger partial charge in [-0.2, -0.15) is 0 Å². The molecule has 0 aliphatic carbocycles. The van der Waals surface area contributed by atoms with E-state index in [-0.39, 0.29) is 0 Å². The van der Waals surface area contributed by atoms with Crippen molar-refractivity contribution < 1.29 is 45.3 Å². The van der Waals surface area contributed by atoms with Crippen LogP contribution in [0.2, 0.25) is 0 Å². The Hall–Kier alpha value is -0.810. The van der Waals surface area contributed by atoms with Crippen molar-refractivity contribution in [1.29, 1.82) is 0 Å². The maximum atomic E-state index is 10.9. The lowest BCUT2D eigenvalue weighted by atomic mass is 9.84. The van der Waals surface area contributed by atoms with Crippen molar-refractivity contribution in [2.45, 2.75) is 36.6 Å². The highest BCUT2D eigenvalue weighted by molar-refractivity contribution is 5.75. The average Bonchev–Trinajstić information content (AvgIpc) is 2.36. The van der Waals surface area contributed by atoms with Crippen LogP contribution in [0.5, 0.6) is 0 Å². The molecule has 0 amide bonds. The number of ether oxygens (including phenoxy) is 1. The first-order valence-electron chi connectivity index (χ1n) is 5.66. The van der Waals surface area contributed by atoms with Crippen LogP contribution in [0, 0.1) is 5.92 Å². The molecule has 112 valence electrons. The molecule has 9 nitrogen and oxygen atoms in total. The molecule has 7 N–H and O–H groups in total. The van der Waals surface area contributed by atoms with E-state index >= 15 is 0 Å². The van der Waals surface area contributed by atoms with Gasteiger partial charge in [0.1, 0.15) is 12.2 Å². The van der Waals surface area contributed by atoms with Crippen molar-refractivity contribution >= 4 is 5.97 Å². The zero-order chi connectivity index (χ0) is 14.8. The predicted molar refractivity (Wildman–Crippen MR) is 57.8 cm³/mol. The minimum atomic E-state index is -2.73. The minimum Gasteiger partial charge on any atom is -0.477 e. The van der Waals surface area contributed by atoms with E-state index < -0.39 is 61.7 Å². The highest BCUT2D eigenvalue weighted by Gasteiger charge is 2.53. The molecule has 6 atom stereocenters. The van der Waals surface area contributed by atoms with Crippen LogP contribution >= 0.6 is 0 Å². The predicted octanol–water partition coefficient (Wildman–Crippen LogP) is -3.77. The molecule has 9 heteroatoms. The average molecular weight is 282 g/mol. The van der Waals surface area contributed by atoms with E-state index in [0.717, 1.165) is 0 Å². The lowest BCUT2D eigenvalue weighted by Crippen LogP contribution is -2.61. The van der Waals surface area contributed by atoms with Crippen molar-refractivity contribution in [1.82, 2.24) is 0 Å². The van der Waals surface area contributed by atoms with Gasteiger partial charge in [-0.05, 0) is 0 Å². The van der Waals surface area contributed by atoms with Gasteiger partial charge in [-0.1, -0.05) is 0 Å². The summed E-state index contributed by atoms with van der Waals surface area (Å²) < 4.78 is 4.81. The Morgan fingerprint density at radius 3 is 2.37 bits per heavy atom. The third kappa shape index (κ3) is 3.20. The molecule has 1 rings (SSSR count). The van der Waals surface area contributed by atoms with Gasteiger partial charge in [-0.25, -0.2) is 4.79 Å². The van der Waals surface area contributed by atoms with Gasteiger partial charge >= 0.3 is 5.97 Å². The molecule has 1 aliphatic rings. The number of hydrogen-bond donors (Lipinski definition) is 7.